The van der Waals surface area contributed by atoms with Crippen LogP contribution in [-0.4, -0.2) is 47.6 Å². The third-order valence-corrected chi connectivity index (χ3v) is 6.20. The van der Waals surface area contributed by atoms with Gasteiger partial charge in [-0.3, -0.25) is 9.59 Å². The van der Waals surface area contributed by atoms with Crippen LogP contribution in [0.3, 0.4) is 0 Å². The van der Waals surface area contributed by atoms with Crippen molar-refractivity contribution in [3.8, 4) is 0 Å². The first-order chi connectivity index (χ1) is 19.0. The Morgan fingerprint density at radius 1 is 0.692 bits per heavy atom. The lowest BCUT2D eigenvalue weighted by molar-refractivity contribution is -0.161. The maximum Gasteiger partial charge on any atom is 0.306 e. The summed E-state index contributed by atoms with van der Waals surface area (Å²) in [6.07, 6.45) is 30.9. The quantitative estimate of drug-likeness (QED) is 0.0654. The molecule has 2 N–H and O–H groups in total. The predicted molar refractivity (Wildman–Crippen MR) is 160 cm³/mol. The summed E-state index contributed by atoms with van der Waals surface area (Å²) in [4.78, 5) is 23.9. The molecule has 0 spiro atoms. The van der Waals surface area contributed by atoms with Crippen LogP contribution in [0.25, 0.3) is 0 Å². The molecule has 0 fully saturated rings. The maximum absolute atomic E-state index is 11.9. The Labute approximate surface area is 238 Å². The monoisotopic (exact) mass is 548 g/mol. The van der Waals surface area contributed by atoms with Crippen molar-refractivity contribution in [1.82, 2.24) is 0 Å². The Kier molecular flexibility index (Phi) is 27.2. The van der Waals surface area contributed by atoms with Gasteiger partial charge in [0.05, 0.1) is 12.7 Å². The SMILES string of the molecule is CCCCCCCCCC(=O)O[C@@H](CO)COC(=O)CCC/C=C\C/C=C\C/C=C\C/C=C\[C@@H](O)CCCC. The maximum atomic E-state index is 11.9. The molecule has 2 atom stereocenters. The van der Waals surface area contributed by atoms with E-state index in [-0.39, 0.29) is 31.3 Å². The van der Waals surface area contributed by atoms with Crippen LogP contribution >= 0.6 is 0 Å². The Balaban J connectivity index is 3.78. The lowest BCUT2D eigenvalue weighted by Gasteiger charge is -2.15. The Bertz CT molecular complexity index is 694. The second-order valence-corrected chi connectivity index (χ2v) is 10.0. The summed E-state index contributed by atoms with van der Waals surface area (Å²) in [5, 5.41) is 19.2. The van der Waals surface area contributed by atoms with Crippen LogP contribution in [0.1, 0.15) is 123 Å². The molecular weight excluding hydrogens is 492 g/mol. The first-order valence-corrected chi connectivity index (χ1v) is 15.3. The van der Waals surface area contributed by atoms with Crippen molar-refractivity contribution in [2.45, 2.75) is 135 Å². The fourth-order valence-electron chi connectivity index (χ4n) is 3.80. The molecule has 0 aromatic rings. The predicted octanol–water partition coefficient (Wildman–Crippen LogP) is 7.69. The Morgan fingerprint density at radius 3 is 1.90 bits per heavy atom. The highest BCUT2D eigenvalue weighted by Crippen LogP contribution is 2.10. The zero-order valence-corrected chi connectivity index (χ0v) is 24.7. The summed E-state index contributed by atoms with van der Waals surface area (Å²) in [6, 6.07) is 0. The molecule has 0 saturated heterocycles. The molecule has 0 unspecified atom stereocenters. The lowest BCUT2D eigenvalue weighted by atomic mass is 10.1. The molecule has 39 heavy (non-hydrogen) atoms. The molecule has 6 heteroatoms. The first kappa shape index (κ1) is 36.8. The van der Waals surface area contributed by atoms with Gasteiger partial charge in [0.25, 0.3) is 0 Å². The highest BCUT2D eigenvalue weighted by Gasteiger charge is 2.15. The van der Waals surface area contributed by atoms with Crippen LogP contribution in [0.4, 0.5) is 0 Å². The van der Waals surface area contributed by atoms with Crippen molar-refractivity contribution < 1.29 is 29.3 Å². The van der Waals surface area contributed by atoms with Gasteiger partial charge in [-0.2, -0.15) is 0 Å². The van der Waals surface area contributed by atoms with Gasteiger partial charge in [0.2, 0.25) is 0 Å². The van der Waals surface area contributed by atoms with Crippen molar-refractivity contribution in [2.75, 3.05) is 13.2 Å². The molecule has 0 radical (unpaired) electrons. The number of allylic oxidation sites excluding steroid dienone is 7. The topological polar surface area (TPSA) is 93.1 Å². The van der Waals surface area contributed by atoms with Gasteiger partial charge in [-0.15, -0.1) is 0 Å². The number of aliphatic hydroxyl groups excluding tert-OH is 2. The van der Waals surface area contributed by atoms with E-state index in [1.165, 1.54) is 25.7 Å². The number of hydrogen-bond donors (Lipinski definition) is 2. The zero-order valence-electron chi connectivity index (χ0n) is 24.7. The molecule has 0 heterocycles. The lowest BCUT2D eigenvalue weighted by Crippen LogP contribution is -2.28. The highest BCUT2D eigenvalue weighted by atomic mass is 16.6. The number of carbonyl (C=O) groups excluding carboxylic acids is 2. The minimum atomic E-state index is -0.799. The number of esters is 2. The van der Waals surface area contributed by atoms with Gasteiger partial charge in [0.15, 0.2) is 6.10 Å². The van der Waals surface area contributed by atoms with Gasteiger partial charge >= 0.3 is 11.9 Å². The number of hydrogen-bond acceptors (Lipinski definition) is 6. The van der Waals surface area contributed by atoms with E-state index in [0.29, 0.717) is 19.3 Å². The average molecular weight is 549 g/mol. The zero-order chi connectivity index (χ0) is 28.8. The minimum Gasteiger partial charge on any atom is -0.462 e. The summed E-state index contributed by atoms with van der Waals surface area (Å²) >= 11 is 0. The van der Waals surface area contributed by atoms with Gasteiger partial charge in [0, 0.05) is 12.8 Å². The largest absolute Gasteiger partial charge is 0.462 e. The van der Waals surface area contributed by atoms with E-state index in [4.69, 9.17) is 9.47 Å². The normalized spacial score (nSPS) is 13.6. The summed E-state index contributed by atoms with van der Waals surface area (Å²) in [6.45, 7) is 3.85. The molecular formula is C33H56O6. The van der Waals surface area contributed by atoms with Gasteiger partial charge in [-0.25, -0.2) is 0 Å². The van der Waals surface area contributed by atoms with Crippen LogP contribution < -0.4 is 0 Å². The van der Waals surface area contributed by atoms with Crippen molar-refractivity contribution in [1.29, 1.82) is 0 Å². The third kappa shape index (κ3) is 27.2. The second kappa shape index (κ2) is 28.8. The van der Waals surface area contributed by atoms with E-state index in [1.54, 1.807) is 0 Å². The van der Waals surface area contributed by atoms with Gasteiger partial charge < -0.3 is 19.7 Å². The summed E-state index contributed by atoms with van der Waals surface area (Å²) < 4.78 is 10.4. The molecule has 0 aliphatic rings. The van der Waals surface area contributed by atoms with Crippen molar-refractivity contribution in [3.63, 3.8) is 0 Å². The van der Waals surface area contributed by atoms with Gasteiger partial charge in [-0.05, 0) is 44.9 Å². The van der Waals surface area contributed by atoms with Crippen LogP contribution in [0.5, 0.6) is 0 Å². The molecule has 0 amide bonds. The molecule has 0 saturated carbocycles. The first-order valence-electron chi connectivity index (χ1n) is 15.3. The van der Waals surface area contributed by atoms with E-state index in [0.717, 1.165) is 64.2 Å². The summed E-state index contributed by atoms with van der Waals surface area (Å²) in [7, 11) is 0. The molecule has 0 aromatic carbocycles. The Morgan fingerprint density at radius 2 is 1.26 bits per heavy atom. The molecule has 0 aliphatic heterocycles. The van der Waals surface area contributed by atoms with Crippen LogP contribution in [0.2, 0.25) is 0 Å². The van der Waals surface area contributed by atoms with E-state index < -0.39 is 6.10 Å². The van der Waals surface area contributed by atoms with Crippen LogP contribution in [0, 0.1) is 0 Å². The minimum absolute atomic E-state index is 0.107. The molecule has 0 aromatic heterocycles. The number of ether oxygens (including phenoxy) is 2. The summed E-state index contributed by atoms with van der Waals surface area (Å²) in [5.41, 5.74) is 0. The standard InChI is InChI=1S/C33H56O6/c1-3-5-7-8-15-20-23-27-33(37)39-31(28-34)29-38-32(36)26-22-19-17-14-12-10-9-11-13-16-18-21-25-30(35)24-6-4-2/h9-10,13-14,16-17,21,25,30-31,34-35H,3-8,11-12,15,18-20,22-24,26-29H2,1-2H3/b10-9-,16-13-,17-14-,25-21-/t30-,31-/m0/s1. The Hall–Kier alpha value is -2.18. The average Bonchev–Trinajstić information content (AvgIpc) is 2.93. The second-order valence-electron chi connectivity index (χ2n) is 10.0. The molecule has 0 aliphatic carbocycles. The van der Waals surface area contributed by atoms with E-state index in [1.807, 2.05) is 12.2 Å². The van der Waals surface area contributed by atoms with E-state index >= 15 is 0 Å². The number of aliphatic hydroxyl groups is 2. The molecule has 6 nitrogen and oxygen atoms in total. The smallest absolute Gasteiger partial charge is 0.306 e. The van der Waals surface area contributed by atoms with Crippen molar-refractivity contribution >= 4 is 11.9 Å². The molecule has 224 valence electrons. The van der Waals surface area contributed by atoms with Crippen molar-refractivity contribution in [2.24, 2.45) is 0 Å². The fraction of sp³-hybridized carbons (Fsp3) is 0.697. The van der Waals surface area contributed by atoms with Gasteiger partial charge in [-0.1, -0.05) is 114 Å². The number of rotatable bonds is 26. The molecule has 0 bridgehead atoms. The fourth-order valence-corrected chi connectivity index (χ4v) is 3.80. The van der Waals surface area contributed by atoms with Crippen LogP contribution in [0.15, 0.2) is 48.6 Å². The van der Waals surface area contributed by atoms with Gasteiger partial charge in [0.1, 0.15) is 6.61 Å². The third-order valence-electron chi connectivity index (χ3n) is 6.20. The number of unbranched alkanes of at least 4 members (excludes halogenated alkanes) is 8. The van der Waals surface area contributed by atoms with E-state index in [9.17, 15) is 19.8 Å². The van der Waals surface area contributed by atoms with Crippen LogP contribution in [-0.2, 0) is 19.1 Å². The molecule has 0 rings (SSSR count). The number of carbonyl (C=O) groups is 2. The highest BCUT2D eigenvalue weighted by molar-refractivity contribution is 5.70. The summed E-state index contributed by atoms with van der Waals surface area (Å²) in [5.74, 6) is -0.693. The van der Waals surface area contributed by atoms with E-state index in [2.05, 4.69) is 50.3 Å². The van der Waals surface area contributed by atoms with Crippen molar-refractivity contribution in [3.05, 3.63) is 48.6 Å².